The first-order chi connectivity index (χ1) is 9.52. The Kier molecular flexibility index (Phi) is 4.14. The number of hydrogen-bond donors (Lipinski definition) is 1. The number of hydrogen-bond acceptors (Lipinski definition) is 4. The zero-order valence-electron chi connectivity index (χ0n) is 11.8. The van der Waals surface area contributed by atoms with Crippen LogP contribution in [0.5, 0.6) is 0 Å². The van der Waals surface area contributed by atoms with E-state index in [0.717, 1.165) is 5.69 Å². The first kappa shape index (κ1) is 14.2. The molecule has 0 fully saturated rings. The fourth-order valence-electron chi connectivity index (χ4n) is 1.75. The predicted molar refractivity (Wildman–Crippen MR) is 74.6 cm³/mol. The van der Waals surface area contributed by atoms with E-state index in [1.54, 1.807) is 43.3 Å². The van der Waals surface area contributed by atoms with E-state index in [1.807, 2.05) is 13.0 Å². The number of pyridine rings is 1. The lowest BCUT2D eigenvalue weighted by Crippen LogP contribution is -2.22. The minimum Gasteiger partial charge on any atom is -0.387 e. The number of carbonyl (C=O) groups excluding carboxylic acids is 1. The fraction of sp³-hybridized carbons (Fsp3) is 0.357. The third-order valence-corrected chi connectivity index (χ3v) is 2.98. The van der Waals surface area contributed by atoms with Gasteiger partial charge in [0, 0.05) is 20.3 Å². The van der Waals surface area contributed by atoms with E-state index in [0.29, 0.717) is 17.8 Å². The highest BCUT2D eigenvalue weighted by Gasteiger charge is 2.12. The quantitative estimate of drug-likeness (QED) is 0.915. The molecule has 2 aromatic heterocycles. The topological polar surface area (TPSA) is 71.2 Å². The first-order valence-electron chi connectivity index (χ1n) is 6.44. The molecule has 6 heteroatoms. The van der Waals surface area contributed by atoms with Gasteiger partial charge in [0.1, 0.15) is 0 Å². The van der Waals surface area contributed by atoms with Gasteiger partial charge in [0.2, 0.25) is 0 Å². The smallest absolute Gasteiger partial charge is 0.273 e. The molecule has 0 aliphatic carbocycles. The molecule has 1 amide bonds. The summed E-state index contributed by atoms with van der Waals surface area (Å²) in [6.07, 6.45) is 3.41. The summed E-state index contributed by atoms with van der Waals surface area (Å²) in [6, 6.07) is 5.24. The molecule has 20 heavy (non-hydrogen) atoms. The van der Waals surface area contributed by atoms with Crippen LogP contribution in [0.3, 0.4) is 0 Å². The summed E-state index contributed by atoms with van der Waals surface area (Å²) >= 11 is 0. The maximum Gasteiger partial charge on any atom is 0.273 e. The van der Waals surface area contributed by atoms with E-state index < -0.39 is 6.10 Å². The Morgan fingerprint density at radius 1 is 1.40 bits per heavy atom. The van der Waals surface area contributed by atoms with Crippen molar-refractivity contribution in [1.82, 2.24) is 19.7 Å². The third kappa shape index (κ3) is 2.85. The van der Waals surface area contributed by atoms with Crippen molar-refractivity contribution >= 4 is 5.91 Å². The minimum absolute atomic E-state index is 0.144. The third-order valence-electron chi connectivity index (χ3n) is 2.98. The van der Waals surface area contributed by atoms with Gasteiger partial charge in [-0.15, -0.1) is 0 Å². The Hall–Kier alpha value is -2.21. The van der Waals surface area contributed by atoms with E-state index in [9.17, 15) is 9.90 Å². The number of carbonyl (C=O) groups is 1. The number of aliphatic hydroxyl groups excluding tert-OH is 1. The van der Waals surface area contributed by atoms with Crippen molar-refractivity contribution in [3.05, 3.63) is 42.0 Å². The van der Waals surface area contributed by atoms with Gasteiger partial charge in [-0.2, -0.15) is 5.10 Å². The number of nitrogens with zero attached hydrogens (tertiary/aromatic N) is 4. The molecule has 1 atom stereocenters. The molecule has 1 unspecified atom stereocenters. The molecule has 0 saturated heterocycles. The molecule has 2 aromatic rings. The molecule has 106 valence electrons. The van der Waals surface area contributed by atoms with Gasteiger partial charge in [-0.05, 0) is 24.6 Å². The second kappa shape index (κ2) is 5.83. The van der Waals surface area contributed by atoms with Crippen LogP contribution < -0.4 is 0 Å². The lowest BCUT2D eigenvalue weighted by Gasteiger charge is -2.08. The van der Waals surface area contributed by atoms with Gasteiger partial charge < -0.3 is 10.0 Å². The minimum atomic E-state index is -0.549. The summed E-state index contributed by atoms with van der Waals surface area (Å²) in [5.41, 5.74) is 1.76. The molecular weight excluding hydrogens is 256 g/mol. The van der Waals surface area contributed by atoms with Gasteiger partial charge in [0.15, 0.2) is 5.69 Å². The molecule has 0 aromatic carbocycles. The molecule has 0 saturated carbocycles. The molecule has 0 aliphatic heterocycles. The molecule has 0 spiro atoms. The highest BCUT2D eigenvalue weighted by molar-refractivity contribution is 5.91. The van der Waals surface area contributed by atoms with E-state index >= 15 is 0 Å². The van der Waals surface area contributed by atoms with Gasteiger partial charge in [0.25, 0.3) is 5.91 Å². The predicted octanol–water partition coefficient (Wildman–Crippen LogP) is 1.41. The molecular formula is C14H18N4O2. The Balaban J connectivity index is 2.22. The van der Waals surface area contributed by atoms with Crippen LogP contribution >= 0.6 is 0 Å². The van der Waals surface area contributed by atoms with Gasteiger partial charge >= 0.3 is 0 Å². The Labute approximate surface area is 117 Å². The standard InChI is InChI=1S/C14H18N4O2/c1-4-13(19)11-6-5-10(9-15-11)18-8-7-12(16-18)14(20)17(2)3/h5-9,13,19H,4H2,1-3H3. The van der Waals surface area contributed by atoms with Crippen molar-refractivity contribution in [2.75, 3.05) is 14.1 Å². The van der Waals surface area contributed by atoms with Crippen molar-refractivity contribution < 1.29 is 9.90 Å². The normalized spacial score (nSPS) is 12.2. The second-order valence-electron chi connectivity index (χ2n) is 4.71. The molecule has 2 heterocycles. The van der Waals surface area contributed by atoms with Crippen LogP contribution in [0.1, 0.15) is 35.6 Å². The van der Waals surface area contributed by atoms with Crippen LogP contribution in [-0.4, -0.2) is 44.8 Å². The molecule has 6 nitrogen and oxygen atoms in total. The summed E-state index contributed by atoms with van der Waals surface area (Å²) in [5, 5.41) is 13.9. The zero-order valence-corrected chi connectivity index (χ0v) is 11.8. The summed E-state index contributed by atoms with van der Waals surface area (Å²) in [6.45, 7) is 1.90. The summed E-state index contributed by atoms with van der Waals surface area (Å²) < 4.78 is 1.59. The average molecular weight is 274 g/mol. The lowest BCUT2D eigenvalue weighted by atomic mass is 10.2. The van der Waals surface area contributed by atoms with Crippen LogP contribution in [0.25, 0.3) is 5.69 Å². The fourth-order valence-corrected chi connectivity index (χ4v) is 1.75. The highest BCUT2D eigenvalue weighted by Crippen LogP contribution is 2.15. The number of amides is 1. The average Bonchev–Trinajstić information content (AvgIpc) is 2.95. The van der Waals surface area contributed by atoms with E-state index in [4.69, 9.17) is 0 Å². The van der Waals surface area contributed by atoms with E-state index in [-0.39, 0.29) is 5.91 Å². The van der Waals surface area contributed by atoms with Crippen molar-refractivity contribution in [2.24, 2.45) is 0 Å². The Bertz CT molecular complexity index is 589. The van der Waals surface area contributed by atoms with Crippen LogP contribution in [0.4, 0.5) is 0 Å². The van der Waals surface area contributed by atoms with Gasteiger partial charge in [0.05, 0.1) is 23.7 Å². The van der Waals surface area contributed by atoms with Crippen molar-refractivity contribution in [3.63, 3.8) is 0 Å². The highest BCUT2D eigenvalue weighted by atomic mass is 16.3. The van der Waals surface area contributed by atoms with Gasteiger partial charge in [-0.25, -0.2) is 4.68 Å². The van der Waals surface area contributed by atoms with Gasteiger partial charge in [-0.1, -0.05) is 6.92 Å². The maximum atomic E-state index is 11.8. The number of aromatic nitrogens is 3. The summed E-state index contributed by atoms with van der Waals surface area (Å²) in [7, 11) is 3.37. The van der Waals surface area contributed by atoms with Crippen molar-refractivity contribution in [3.8, 4) is 5.69 Å². The second-order valence-corrected chi connectivity index (χ2v) is 4.71. The largest absolute Gasteiger partial charge is 0.387 e. The number of rotatable bonds is 4. The van der Waals surface area contributed by atoms with E-state index in [1.165, 1.54) is 4.90 Å². The Morgan fingerprint density at radius 2 is 2.15 bits per heavy atom. The zero-order chi connectivity index (χ0) is 14.7. The molecule has 0 bridgehead atoms. The van der Waals surface area contributed by atoms with Crippen molar-refractivity contribution in [2.45, 2.75) is 19.4 Å². The van der Waals surface area contributed by atoms with Crippen molar-refractivity contribution in [1.29, 1.82) is 0 Å². The molecule has 1 N–H and O–H groups in total. The van der Waals surface area contributed by atoms with E-state index in [2.05, 4.69) is 10.1 Å². The van der Waals surface area contributed by atoms with Crippen LogP contribution in [0.15, 0.2) is 30.6 Å². The summed E-state index contributed by atoms with van der Waals surface area (Å²) in [5.74, 6) is -0.144. The first-order valence-corrected chi connectivity index (χ1v) is 6.44. The molecule has 2 rings (SSSR count). The van der Waals surface area contributed by atoms with Gasteiger partial charge in [-0.3, -0.25) is 9.78 Å². The lowest BCUT2D eigenvalue weighted by molar-refractivity contribution is 0.0821. The molecule has 0 aliphatic rings. The van der Waals surface area contributed by atoms with Crippen LogP contribution in [-0.2, 0) is 0 Å². The van der Waals surface area contributed by atoms with Crippen LogP contribution in [0, 0.1) is 0 Å². The summed E-state index contributed by atoms with van der Waals surface area (Å²) in [4.78, 5) is 17.5. The Morgan fingerprint density at radius 3 is 2.70 bits per heavy atom. The SMILES string of the molecule is CCC(O)c1ccc(-n2ccc(C(=O)N(C)C)n2)cn1. The monoisotopic (exact) mass is 274 g/mol. The molecule has 0 radical (unpaired) electrons. The number of aliphatic hydroxyl groups is 1. The van der Waals surface area contributed by atoms with Crippen LogP contribution in [0.2, 0.25) is 0 Å². The maximum absolute atomic E-state index is 11.8.